The molecule has 0 aliphatic carbocycles. The van der Waals surface area contributed by atoms with Crippen LogP contribution in [0.25, 0.3) is 0 Å². The van der Waals surface area contributed by atoms with Crippen molar-refractivity contribution in [1.29, 1.82) is 0 Å². The number of carbonyl (C=O) groups excluding carboxylic acids is 1. The van der Waals surface area contributed by atoms with Gasteiger partial charge in [-0.3, -0.25) is 4.79 Å². The first-order valence-electron chi connectivity index (χ1n) is 9.00. The molecule has 2 nitrogen and oxygen atoms in total. The number of esters is 1. The third-order valence-corrected chi connectivity index (χ3v) is 4.19. The van der Waals surface area contributed by atoms with Crippen LogP contribution in [-0.4, -0.2) is 18.0 Å². The van der Waals surface area contributed by atoms with Crippen molar-refractivity contribution in [2.75, 3.05) is 6.61 Å². The number of alkyl halides is 1. The lowest BCUT2D eigenvalue weighted by molar-refractivity contribution is -0.143. The molecule has 21 heavy (non-hydrogen) atoms. The van der Waals surface area contributed by atoms with E-state index in [1.807, 2.05) is 6.92 Å². The highest BCUT2D eigenvalue weighted by Gasteiger charge is 2.11. The summed E-state index contributed by atoms with van der Waals surface area (Å²) >= 11 is 6.13. The highest BCUT2D eigenvalue weighted by Crippen LogP contribution is 2.16. The van der Waals surface area contributed by atoms with Gasteiger partial charge in [0, 0.05) is 5.38 Å². The van der Waals surface area contributed by atoms with E-state index in [-0.39, 0.29) is 11.3 Å². The number of hydrogen-bond acceptors (Lipinski definition) is 2. The maximum absolute atomic E-state index is 11.2. The average molecular weight is 319 g/mol. The minimum Gasteiger partial charge on any atom is -0.466 e. The highest BCUT2D eigenvalue weighted by atomic mass is 35.5. The van der Waals surface area contributed by atoms with Crippen molar-refractivity contribution in [2.45, 2.75) is 103 Å². The molecule has 0 spiro atoms. The first-order chi connectivity index (χ1) is 10.2. The van der Waals surface area contributed by atoms with Crippen molar-refractivity contribution in [3.05, 3.63) is 0 Å². The molecular formula is C18H35ClO2. The minimum atomic E-state index is -0.166. The molecule has 0 saturated heterocycles. The zero-order chi connectivity index (χ0) is 15.8. The van der Waals surface area contributed by atoms with Crippen molar-refractivity contribution >= 4 is 17.6 Å². The van der Waals surface area contributed by atoms with E-state index in [0.717, 1.165) is 12.8 Å². The summed E-state index contributed by atoms with van der Waals surface area (Å²) in [5.41, 5.74) is 0. The van der Waals surface area contributed by atoms with E-state index in [4.69, 9.17) is 16.3 Å². The first kappa shape index (κ1) is 20.8. The Morgan fingerprint density at radius 3 is 1.81 bits per heavy atom. The third-order valence-electron chi connectivity index (χ3n) is 3.81. The summed E-state index contributed by atoms with van der Waals surface area (Å²) in [6, 6.07) is 0. The van der Waals surface area contributed by atoms with Crippen molar-refractivity contribution in [2.24, 2.45) is 0 Å². The number of hydrogen-bond donors (Lipinski definition) is 0. The molecule has 1 atom stereocenters. The predicted octanol–water partition coefficient (Wildman–Crippen LogP) is 6.25. The van der Waals surface area contributed by atoms with Gasteiger partial charge in [0.25, 0.3) is 0 Å². The molecule has 0 fully saturated rings. The second-order valence-corrected chi connectivity index (χ2v) is 6.55. The second kappa shape index (κ2) is 16.1. The molecule has 0 rings (SSSR count). The smallest absolute Gasteiger partial charge is 0.307 e. The van der Waals surface area contributed by atoms with Gasteiger partial charge in [0.1, 0.15) is 0 Å². The van der Waals surface area contributed by atoms with E-state index in [1.165, 1.54) is 64.2 Å². The molecule has 0 saturated carbocycles. The summed E-state index contributed by atoms with van der Waals surface area (Å²) in [6.45, 7) is 4.53. The van der Waals surface area contributed by atoms with Gasteiger partial charge in [-0.1, -0.05) is 77.6 Å². The Balaban J connectivity index is 3.19. The summed E-state index contributed by atoms with van der Waals surface area (Å²) in [4.78, 5) is 11.2. The molecule has 0 radical (unpaired) electrons. The lowest BCUT2D eigenvalue weighted by Gasteiger charge is -2.08. The Labute approximate surface area is 137 Å². The van der Waals surface area contributed by atoms with Crippen molar-refractivity contribution < 1.29 is 9.53 Å². The van der Waals surface area contributed by atoms with Gasteiger partial charge in [-0.15, -0.1) is 11.6 Å². The molecule has 0 heterocycles. The van der Waals surface area contributed by atoms with Gasteiger partial charge in [0.15, 0.2) is 0 Å². The average Bonchev–Trinajstić information content (AvgIpc) is 2.45. The molecule has 0 aliphatic heterocycles. The first-order valence-corrected chi connectivity index (χ1v) is 9.44. The summed E-state index contributed by atoms with van der Waals surface area (Å²) in [7, 11) is 0. The quantitative estimate of drug-likeness (QED) is 0.203. The topological polar surface area (TPSA) is 26.3 Å². The van der Waals surface area contributed by atoms with Crippen molar-refractivity contribution in [3.8, 4) is 0 Å². The van der Waals surface area contributed by atoms with Gasteiger partial charge in [-0.05, 0) is 13.3 Å². The maximum Gasteiger partial charge on any atom is 0.307 e. The third kappa shape index (κ3) is 16.0. The van der Waals surface area contributed by atoms with E-state index in [9.17, 15) is 4.79 Å². The minimum absolute atomic E-state index is 0.0531. The summed E-state index contributed by atoms with van der Waals surface area (Å²) < 4.78 is 4.90. The van der Waals surface area contributed by atoms with E-state index in [1.54, 1.807) is 0 Å². The largest absolute Gasteiger partial charge is 0.466 e. The van der Waals surface area contributed by atoms with Crippen LogP contribution in [0.5, 0.6) is 0 Å². The van der Waals surface area contributed by atoms with Gasteiger partial charge in [0.05, 0.1) is 13.0 Å². The number of unbranched alkanes of at least 4 members (excludes halogenated alkanes) is 10. The monoisotopic (exact) mass is 318 g/mol. The molecule has 0 N–H and O–H groups in total. The molecule has 1 unspecified atom stereocenters. The SMILES string of the molecule is CCCCCCCCCCCCCC(Cl)CC(=O)OCC. The van der Waals surface area contributed by atoms with Crippen molar-refractivity contribution in [3.63, 3.8) is 0 Å². The Hall–Kier alpha value is -0.240. The molecule has 0 bridgehead atoms. The van der Waals surface area contributed by atoms with Crippen LogP contribution in [0.2, 0.25) is 0 Å². The number of halogens is 1. The van der Waals surface area contributed by atoms with Gasteiger partial charge in [0.2, 0.25) is 0 Å². The standard InChI is InChI=1S/C18H35ClO2/c1-3-5-6-7-8-9-10-11-12-13-14-15-17(19)16-18(20)21-4-2/h17H,3-16H2,1-2H3. The predicted molar refractivity (Wildman–Crippen MR) is 92.0 cm³/mol. The van der Waals surface area contributed by atoms with Crippen molar-refractivity contribution in [1.82, 2.24) is 0 Å². The molecule has 0 amide bonds. The summed E-state index contributed by atoms with van der Waals surface area (Å²) in [5, 5.41) is -0.0531. The fourth-order valence-corrected chi connectivity index (χ4v) is 2.81. The number of rotatable bonds is 15. The van der Waals surface area contributed by atoms with E-state index >= 15 is 0 Å². The van der Waals surface area contributed by atoms with Gasteiger partial charge >= 0.3 is 5.97 Å². The van der Waals surface area contributed by atoms with Crippen LogP contribution >= 0.6 is 11.6 Å². The van der Waals surface area contributed by atoms with Crippen LogP contribution < -0.4 is 0 Å². The van der Waals surface area contributed by atoms with Gasteiger partial charge in [-0.25, -0.2) is 0 Å². The van der Waals surface area contributed by atoms with Crippen LogP contribution in [0.1, 0.15) is 97.3 Å². The molecule has 0 aliphatic rings. The molecule has 0 aromatic heterocycles. The highest BCUT2D eigenvalue weighted by molar-refractivity contribution is 6.21. The lowest BCUT2D eigenvalue weighted by atomic mass is 10.0. The molecule has 0 aromatic carbocycles. The Kier molecular flexibility index (Phi) is 16.0. The van der Waals surface area contributed by atoms with Gasteiger partial charge < -0.3 is 4.74 Å². The fraction of sp³-hybridized carbons (Fsp3) is 0.944. The Morgan fingerprint density at radius 2 is 1.33 bits per heavy atom. The van der Waals surface area contributed by atoms with E-state index in [0.29, 0.717) is 13.0 Å². The Morgan fingerprint density at radius 1 is 0.857 bits per heavy atom. The van der Waals surface area contributed by atoms with Gasteiger partial charge in [-0.2, -0.15) is 0 Å². The molecule has 126 valence electrons. The number of ether oxygens (including phenoxy) is 1. The summed E-state index contributed by atoms with van der Waals surface area (Å²) in [6.07, 6.45) is 16.0. The van der Waals surface area contributed by atoms with Crippen LogP contribution in [-0.2, 0) is 9.53 Å². The number of carbonyl (C=O) groups is 1. The van der Waals surface area contributed by atoms with E-state index < -0.39 is 0 Å². The fourth-order valence-electron chi connectivity index (χ4n) is 2.53. The molecule has 0 aromatic rings. The Bertz CT molecular complexity index is 231. The molecular weight excluding hydrogens is 284 g/mol. The summed E-state index contributed by atoms with van der Waals surface area (Å²) in [5.74, 6) is -0.166. The van der Waals surface area contributed by atoms with Crippen LogP contribution in [0.4, 0.5) is 0 Å². The zero-order valence-electron chi connectivity index (χ0n) is 14.2. The van der Waals surface area contributed by atoms with Crippen LogP contribution in [0, 0.1) is 0 Å². The normalized spacial score (nSPS) is 12.3. The zero-order valence-corrected chi connectivity index (χ0v) is 14.9. The van der Waals surface area contributed by atoms with E-state index in [2.05, 4.69) is 6.92 Å². The maximum atomic E-state index is 11.2. The van der Waals surface area contributed by atoms with Crippen LogP contribution in [0.15, 0.2) is 0 Å². The molecule has 3 heteroatoms. The lowest BCUT2D eigenvalue weighted by Crippen LogP contribution is -2.11. The van der Waals surface area contributed by atoms with Crippen LogP contribution in [0.3, 0.4) is 0 Å². The second-order valence-electron chi connectivity index (χ2n) is 5.93.